The molecule has 1 aromatic heterocycles. The van der Waals surface area contributed by atoms with Gasteiger partial charge < -0.3 is 9.47 Å². The highest BCUT2D eigenvalue weighted by Crippen LogP contribution is 2.41. The SMILES string of the molecule is c1ccc2cc(-c3ccc(-c4ccc(N(c5ccc(-c6ccc(-c7ccc8c9ccccc9c9ccccc9c8c7)cc6)cc5)c5ccc(-n6c7ccccc7c7ccccc76)cc5)cc4)cc3)ccc2c1. The quantitative estimate of drug-likeness (QED) is 0.138. The summed E-state index contributed by atoms with van der Waals surface area (Å²) in [5.41, 5.74) is 16.4. The van der Waals surface area contributed by atoms with E-state index in [2.05, 4.69) is 289 Å². The molecule has 2 heteroatoms. The van der Waals surface area contributed by atoms with Crippen molar-refractivity contribution < 1.29 is 0 Å². The van der Waals surface area contributed by atoms with Crippen LogP contribution in [0.5, 0.6) is 0 Å². The van der Waals surface area contributed by atoms with E-state index < -0.39 is 0 Å². The molecule has 13 aromatic carbocycles. The van der Waals surface area contributed by atoms with Crippen LogP contribution in [0.3, 0.4) is 0 Å². The van der Waals surface area contributed by atoms with Gasteiger partial charge in [-0.05, 0) is 160 Å². The van der Waals surface area contributed by atoms with E-state index in [0.29, 0.717) is 0 Å². The van der Waals surface area contributed by atoms with Gasteiger partial charge in [-0.25, -0.2) is 0 Å². The Morgan fingerprint density at radius 3 is 1.01 bits per heavy atom. The third-order valence-corrected chi connectivity index (χ3v) is 14.8. The molecule has 0 unspecified atom stereocenters. The molecular formula is C70H46N2. The van der Waals surface area contributed by atoms with E-state index in [0.717, 1.165) is 22.7 Å². The van der Waals surface area contributed by atoms with Crippen LogP contribution in [0.2, 0.25) is 0 Å². The van der Waals surface area contributed by atoms with Gasteiger partial charge in [-0.1, -0.05) is 206 Å². The van der Waals surface area contributed by atoms with E-state index >= 15 is 0 Å². The minimum Gasteiger partial charge on any atom is -0.311 e. The smallest absolute Gasteiger partial charge is 0.0541 e. The molecule has 0 aliphatic carbocycles. The number of anilines is 3. The average Bonchev–Trinajstić information content (AvgIpc) is 3.80. The number of hydrogen-bond donors (Lipinski definition) is 0. The molecule has 2 nitrogen and oxygen atoms in total. The molecule has 14 rings (SSSR count). The van der Waals surface area contributed by atoms with Crippen molar-refractivity contribution in [3.8, 4) is 50.2 Å². The lowest BCUT2D eigenvalue weighted by molar-refractivity contribution is 1.17. The molecule has 336 valence electrons. The number of fused-ring (bicyclic) bond motifs is 10. The highest BCUT2D eigenvalue weighted by molar-refractivity contribution is 6.25. The summed E-state index contributed by atoms with van der Waals surface area (Å²) in [6.45, 7) is 0. The van der Waals surface area contributed by atoms with Crippen molar-refractivity contribution in [2.24, 2.45) is 0 Å². The van der Waals surface area contributed by atoms with E-state index in [1.165, 1.54) is 109 Å². The second-order valence-corrected chi connectivity index (χ2v) is 18.9. The summed E-state index contributed by atoms with van der Waals surface area (Å²) in [6.07, 6.45) is 0. The Kier molecular flexibility index (Phi) is 9.89. The maximum absolute atomic E-state index is 2.38. The molecule has 0 amide bonds. The Hall–Kier alpha value is -9.50. The topological polar surface area (TPSA) is 8.17 Å². The first kappa shape index (κ1) is 41.5. The summed E-state index contributed by atoms with van der Waals surface area (Å²) in [4.78, 5) is 2.36. The monoisotopic (exact) mass is 914 g/mol. The lowest BCUT2D eigenvalue weighted by Gasteiger charge is -2.26. The van der Waals surface area contributed by atoms with Crippen molar-refractivity contribution in [1.82, 2.24) is 4.57 Å². The van der Waals surface area contributed by atoms with Crippen LogP contribution in [0.25, 0.3) is 115 Å². The molecule has 72 heavy (non-hydrogen) atoms. The predicted octanol–water partition coefficient (Wildman–Crippen LogP) is 19.5. The van der Waals surface area contributed by atoms with Crippen LogP contribution >= 0.6 is 0 Å². The zero-order chi connectivity index (χ0) is 47.5. The number of aromatic nitrogens is 1. The van der Waals surface area contributed by atoms with Gasteiger partial charge in [0.2, 0.25) is 0 Å². The largest absolute Gasteiger partial charge is 0.311 e. The van der Waals surface area contributed by atoms with Crippen LogP contribution < -0.4 is 4.90 Å². The Morgan fingerprint density at radius 2 is 0.528 bits per heavy atom. The molecule has 0 saturated carbocycles. The predicted molar refractivity (Wildman–Crippen MR) is 307 cm³/mol. The fraction of sp³-hybridized carbons (Fsp3) is 0. The van der Waals surface area contributed by atoms with Crippen LogP contribution in [0.1, 0.15) is 0 Å². The van der Waals surface area contributed by atoms with E-state index in [1.807, 2.05) is 0 Å². The second kappa shape index (κ2) is 17.2. The van der Waals surface area contributed by atoms with Gasteiger partial charge in [0.05, 0.1) is 11.0 Å². The Labute approximate surface area is 418 Å². The summed E-state index contributed by atoms with van der Waals surface area (Å²) < 4.78 is 2.38. The Morgan fingerprint density at radius 1 is 0.208 bits per heavy atom. The first-order valence-electron chi connectivity index (χ1n) is 24.8. The molecular weight excluding hydrogens is 869 g/mol. The standard InChI is InChI=1S/C70H46N2/c1-2-12-54-45-55(30-29-47(54)11-1)52-25-21-48(22-26-52)50-31-36-57(37-32-50)71(59-40-42-60(43-41-59)72-69-19-9-7-17-66(69)67-18-8-10-20-70(67)72)58-38-33-51(34-39-58)49-23-27-53(28-24-49)56-35-44-65-63-15-4-3-13-61(63)62-14-5-6-16-64(62)68(65)46-56/h1-46H. The van der Waals surface area contributed by atoms with Crippen LogP contribution in [-0.4, -0.2) is 4.57 Å². The van der Waals surface area contributed by atoms with Gasteiger partial charge in [-0.3, -0.25) is 0 Å². The molecule has 1 heterocycles. The maximum atomic E-state index is 2.38. The van der Waals surface area contributed by atoms with E-state index in [4.69, 9.17) is 0 Å². The van der Waals surface area contributed by atoms with E-state index in [-0.39, 0.29) is 0 Å². The highest BCUT2D eigenvalue weighted by atomic mass is 15.1. The van der Waals surface area contributed by atoms with Crippen LogP contribution in [-0.2, 0) is 0 Å². The van der Waals surface area contributed by atoms with Crippen molar-refractivity contribution in [2.75, 3.05) is 4.90 Å². The van der Waals surface area contributed by atoms with Crippen molar-refractivity contribution in [3.63, 3.8) is 0 Å². The van der Waals surface area contributed by atoms with E-state index in [1.54, 1.807) is 0 Å². The molecule has 0 radical (unpaired) electrons. The van der Waals surface area contributed by atoms with Crippen molar-refractivity contribution in [1.29, 1.82) is 0 Å². The van der Waals surface area contributed by atoms with Gasteiger partial charge in [0.1, 0.15) is 0 Å². The molecule has 0 N–H and O–H groups in total. The third kappa shape index (κ3) is 7.12. The molecule has 0 spiro atoms. The summed E-state index contributed by atoms with van der Waals surface area (Å²) in [7, 11) is 0. The number of benzene rings is 13. The summed E-state index contributed by atoms with van der Waals surface area (Å²) in [6, 6.07) is 102. The molecule has 0 atom stereocenters. The summed E-state index contributed by atoms with van der Waals surface area (Å²) in [5, 5.41) is 12.8. The molecule has 0 aliphatic heterocycles. The van der Waals surface area contributed by atoms with Gasteiger partial charge in [0.25, 0.3) is 0 Å². The normalized spacial score (nSPS) is 11.6. The first-order valence-corrected chi connectivity index (χ1v) is 24.8. The first-order chi connectivity index (χ1) is 35.7. The number of hydrogen-bond acceptors (Lipinski definition) is 1. The Balaban J connectivity index is 0.792. The zero-order valence-electron chi connectivity index (χ0n) is 39.5. The van der Waals surface area contributed by atoms with Crippen LogP contribution in [0.15, 0.2) is 279 Å². The number of rotatable bonds is 8. The van der Waals surface area contributed by atoms with Crippen molar-refractivity contribution >= 4 is 82.0 Å². The summed E-state index contributed by atoms with van der Waals surface area (Å²) in [5.74, 6) is 0. The van der Waals surface area contributed by atoms with Gasteiger partial charge in [0.15, 0.2) is 0 Å². The molecule has 14 aromatic rings. The Bertz CT molecular complexity index is 4250. The minimum atomic E-state index is 1.08. The lowest BCUT2D eigenvalue weighted by Crippen LogP contribution is -2.10. The molecule has 0 fully saturated rings. The molecule has 0 aliphatic rings. The van der Waals surface area contributed by atoms with Crippen LogP contribution in [0, 0.1) is 0 Å². The van der Waals surface area contributed by atoms with Crippen molar-refractivity contribution in [2.45, 2.75) is 0 Å². The average molecular weight is 915 g/mol. The lowest BCUT2D eigenvalue weighted by atomic mass is 9.92. The molecule has 0 saturated heterocycles. The minimum absolute atomic E-state index is 1.08. The maximum Gasteiger partial charge on any atom is 0.0541 e. The second-order valence-electron chi connectivity index (χ2n) is 18.9. The summed E-state index contributed by atoms with van der Waals surface area (Å²) >= 11 is 0. The van der Waals surface area contributed by atoms with Gasteiger partial charge in [-0.15, -0.1) is 0 Å². The zero-order valence-corrected chi connectivity index (χ0v) is 39.5. The van der Waals surface area contributed by atoms with Crippen LogP contribution in [0.4, 0.5) is 17.1 Å². The fourth-order valence-electron chi connectivity index (χ4n) is 11.2. The number of para-hydroxylation sites is 2. The number of nitrogens with zero attached hydrogens (tertiary/aromatic N) is 2. The van der Waals surface area contributed by atoms with Gasteiger partial charge >= 0.3 is 0 Å². The van der Waals surface area contributed by atoms with Gasteiger partial charge in [0, 0.05) is 33.5 Å². The molecule has 0 bridgehead atoms. The van der Waals surface area contributed by atoms with Gasteiger partial charge in [-0.2, -0.15) is 0 Å². The highest BCUT2D eigenvalue weighted by Gasteiger charge is 2.17. The van der Waals surface area contributed by atoms with E-state index in [9.17, 15) is 0 Å². The third-order valence-electron chi connectivity index (χ3n) is 14.8. The fourth-order valence-corrected chi connectivity index (χ4v) is 11.2. The van der Waals surface area contributed by atoms with Crippen molar-refractivity contribution in [3.05, 3.63) is 279 Å².